The molecule has 0 bridgehead atoms. The monoisotopic (exact) mass is 449 g/mol. The van der Waals surface area contributed by atoms with Gasteiger partial charge in [0.15, 0.2) is 0 Å². The summed E-state index contributed by atoms with van der Waals surface area (Å²) < 4.78 is 5.50. The van der Waals surface area contributed by atoms with Gasteiger partial charge in [-0.2, -0.15) is 0 Å². The van der Waals surface area contributed by atoms with Crippen LogP contribution in [0.2, 0.25) is 0 Å². The minimum absolute atomic E-state index is 0.0786. The van der Waals surface area contributed by atoms with Gasteiger partial charge in [-0.25, -0.2) is 14.4 Å². The van der Waals surface area contributed by atoms with E-state index in [0.717, 1.165) is 44.6 Å². The molecule has 0 unspecified atom stereocenters. The summed E-state index contributed by atoms with van der Waals surface area (Å²) in [6.45, 7) is 0.349. The van der Waals surface area contributed by atoms with Gasteiger partial charge in [0.1, 0.15) is 5.75 Å². The lowest BCUT2D eigenvalue weighted by atomic mass is 10.1. The van der Waals surface area contributed by atoms with Crippen LogP contribution < -0.4 is 4.74 Å². The maximum absolute atomic E-state index is 11.7. The first-order valence-electron chi connectivity index (χ1n) is 10.6. The Kier molecular flexibility index (Phi) is 9.65. The number of aromatic carboxylic acids is 2. The van der Waals surface area contributed by atoms with Crippen molar-refractivity contribution in [3.05, 3.63) is 29.3 Å². The van der Waals surface area contributed by atoms with E-state index in [0.29, 0.717) is 18.1 Å². The molecule has 0 radical (unpaired) electrons. The molecule has 2 amide bonds. The van der Waals surface area contributed by atoms with Gasteiger partial charge in [-0.3, -0.25) is 9.59 Å². The number of carbonyl (C=O) groups excluding carboxylic acids is 3. The van der Waals surface area contributed by atoms with E-state index in [-0.39, 0.29) is 36.1 Å². The van der Waals surface area contributed by atoms with Gasteiger partial charge in [0.25, 0.3) is 11.8 Å². The van der Waals surface area contributed by atoms with E-state index in [2.05, 4.69) is 0 Å². The first kappa shape index (κ1) is 24.8. The fourth-order valence-electron chi connectivity index (χ4n) is 3.18. The highest BCUT2D eigenvalue weighted by Gasteiger charge is 2.32. The van der Waals surface area contributed by atoms with E-state index < -0.39 is 29.7 Å². The zero-order chi connectivity index (χ0) is 23.5. The average Bonchev–Trinajstić information content (AvgIpc) is 3.06. The van der Waals surface area contributed by atoms with Crippen LogP contribution in [0.3, 0.4) is 0 Å². The van der Waals surface area contributed by atoms with Crippen LogP contribution in [-0.4, -0.2) is 51.6 Å². The van der Waals surface area contributed by atoms with Crippen molar-refractivity contribution in [2.24, 2.45) is 0 Å². The van der Waals surface area contributed by atoms with Gasteiger partial charge in [0, 0.05) is 19.3 Å². The van der Waals surface area contributed by atoms with Crippen molar-refractivity contribution >= 4 is 29.7 Å². The summed E-state index contributed by atoms with van der Waals surface area (Å²) >= 11 is 0. The van der Waals surface area contributed by atoms with Crippen LogP contribution in [0, 0.1) is 0 Å². The Morgan fingerprint density at radius 3 is 1.81 bits per heavy atom. The molecule has 174 valence electrons. The summed E-state index contributed by atoms with van der Waals surface area (Å²) in [7, 11) is 0. The van der Waals surface area contributed by atoms with Gasteiger partial charge < -0.3 is 19.8 Å². The van der Waals surface area contributed by atoms with Crippen LogP contribution in [0.25, 0.3) is 0 Å². The lowest BCUT2D eigenvalue weighted by molar-refractivity contribution is -0.197. The Morgan fingerprint density at radius 1 is 0.781 bits per heavy atom. The van der Waals surface area contributed by atoms with E-state index in [1.807, 2.05) is 0 Å². The third-order valence-corrected chi connectivity index (χ3v) is 4.89. The van der Waals surface area contributed by atoms with Crippen LogP contribution >= 0.6 is 0 Å². The standard InChI is InChI=1S/C22H27NO9/c24-18-9-10-19(25)23(18)32-20(26)8-6-4-2-1-3-5-7-11-31-17-13-15(21(27)28)12-16(14-17)22(29)30/h12-14H,1-11H2,(H,27,28)(H,29,30). The smallest absolute Gasteiger partial charge is 0.335 e. The van der Waals surface area contributed by atoms with Crippen molar-refractivity contribution in [2.45, 2.75) is 64.2 Å². The molecule has 1 fully saturated rings. The SMILES string of the molecule is O=C(CCCCCCCCCOc1cc(C(=O)O)cc(C(=O)O)c1)ON1C(=O)CCC1=O. The largest absolute Gasteiger partial charge is 0.494 e. The number of amides is 2. The maximum atomic E-state index is 11.7. The molecule has 32 heavy (non-hydrogen) atoms. The van der Waals surface area contributed by atoms with Gasteiger partial charge in [-0.05, 0) is 31.0 Å². The highest BCUT2D eigenvalue weighted by Crippen LogP contribution is 2.19. The van der Waals surface area contributed by atoms with Crippen LogP contribution in [-0.2, 0) is 19.2 Å². The minimum atomic E-state index is -1.22. The van der Waals surface area contributed by atoms with Gasteiger partial charge in [0.2, 0.25) is 0 Å². The molecule has 0 aromatic heterocycles. The number of imide groups is 1. The molecule has 1 saturated heterocycles. The molecule has 0 aliphatic carbocycles. The predicted octanol–water partition coefficient (Wildman–Crippen LogP) is 3.19. The van der Waals surface area contributed by atoms with E-state index in [4.69, 9.17) is 19.8 Å². The van der Waals surface area contributed by atoms with Crippen LogP contribution in [0.4, 0.5) is 0 Å². The Morgan fingerprint density at radius 2 is 1.28 bits per heavy atom. The summed E-state index contributed by atoms with van der Waals surface area (Å²) in [6.07, 6.45) is 6.24. The summed E-state index contributed by atoms with van der Waals surface area (Å²) in [5.41, 5.74) is -0.273. The number of benzene rings is 1. The molecule has 1 aliphatic rings. The molecule has 10 nitrogen and oxygen atoms in total. The van der Waals surface area contributed by atoms with Gasteiger partial charge in [-0.1, -0.05) is 32.1 Å². The third-order valence-electron chi connectivity index (χ3n) is 4.89. The van der Waals surface area contributed by atoms with E-state index >= 15 is 0 Å². The molecule has 2 N–H and O–H groups in total. The van der Waals surface area contributed by atoms with Crippen molar-refractivity contribution in [3.8, 4) is 5.75 Å². The topological polar surface area (TPSA) is 148 Å². The highest BCUT2D eigenvalue weighted by atomic mass is 16.7. The van der Waals surface area contributed by atoms with Crippen LogP contribution in [0.5, 0.6) is 5.75 Å². The number of hydrogen-bond acceptors (Lipinski definition) is 7. The summed E-state index contributed by atoms with van der Waals surface area (Å²) in [4.78, 5) is 61.4. The Hall–Kier alpha value is -3.43. The Labute approximate surface area is 185 Å². The maximum Gasteiger partial charge on any atom is 0.335 e. The lowest BCUT2D eigenvalue weighted by Crippen LogP contribution is -2.31. The molecule has 1 heterocycles. The number of ether oxygens (including phenoxy) is 1. The van der Waals surface area contributed by atoms with Crippen molar-refractivity contribution in [1.29, 1.82) is 0 Å². The number of carboxylic acid groups (broad SMARTS) is 2. The molecule has 1 aromatic carbocycles. The van der Waals surface area contributed by atoms with E-state index in [9.17, 15) is 24.0 Å². The molecule has 10 heteroatoms. The number of unbranched alkanes of at least 4 members (excludes halogenated alkanes) is 6. The highest BCUT2D eigenvalue weighted by molar-refractivity contribution is 6.01. The summed E-state index contributed by atoms with van der Waals surface area (Å²) in [6, 6.07) is 3.69. The summed E-state index contributed by atoms with van der Waals surface area (Å²) in [5, 5.41) is 18.7. The van der Waals surface area contributed by atoms with Crippen molar-refractivity contribution in [2.75, 3.05) is 6.61 Å². The normalized spacial score (nSPS) is 13.3. The number of rotatable bonds is 14. The fourth-order valence-corrected chi connectivity index (χ4v) is 3.18. The van der Waals surface area contributed by atoms with Gasteiger partial charge in [0.05, 0.1) is 17.7 Å². The number of hydrogen-bond donors (Lipinski definition) is 2. The molecule has 2 rings (SSSR count). The van der Waals surface area contributed by atoms with Crippen molar-refractivity contribution in [1.82, 2.24) is 5.06 Å². The molecular weight excluding hydrogens is 422 g/mol. The van der Waals surface area contributed by atoms with Gasteiger partial charge >= 0.3 is 17.9 Å². The Bertz CT molecular complexity index is 817. The van der Waals surface area contributed by atoms with Gasteiger partial charge in [-0.15, -0.1) is 5.06 Å². The second-order valence-corrected chi connectivity index (χ2v) is 7.47. The predicted molar refractivity (Wildman–Crippen MR) is 110 cm³/mol. The number of hydroxylamine groups is 2. The molecular formula is C22H27NO9. The number of carbonyl (C=O) groups is 5. The number of nitrogens with zero attached hydrogens (tertiary/aromatic N) is 1. The minimum Gasteiger partial charge on any atom is -0.494 e. The lowest BCUT2D eigenvalue weighted by Gasteiger charge is -2.12. The van der Waals surface area contributed by atoms with Crippen LogP contribution in [0.1, 0.15) is 84.9 Å². The molecule has 1 aromatic rings. The molecule has 0 spiro atoms. The quantitative estimate of drug-likeness (QED) is 0.323. The van der Waals surface area contributed by atoms with Crippen LogP contribution in [0.15, 0.2) is 18.2 Å². The Balaban J connectivity index is 1.52. The zero-order valence-corrected chi connectivity index (χ0v) is 17.7. The molecule has 0 atom stereocenters. The zero-order valence-electron chi connectivity index (χ0n) is 17.7. The first-order valence-corrected chi connectivity index (χ1v) is 10.6. The summed E-state index contributed by atoms with van der Waals surface area (Å²) in [5.74, 6) is -3.77. The van der Waals surface area contributed by atoms with Crippen molar-refractivity contribution in [3.63, 3.8) is 0 Å². The average molecular weight is 449 g/mol. The third kappa shape index (κ3) is 8.01. The molecule has 1 aliphatic heterocycles. The first-order chi connectivity index (χ1) is 15.3. The van der Waals surface area contributed by atoms with Crippen molar-refractivity contribution < 1.29 is 43.8 Å². The second kappa shape index (κ2) is 12.4. The van der Waals surface area contributed by atoms with E-state index in [1.165, 1.54) is 12.1 Å². The second-order valence-electron chi connectivity index (χ2n) is 7.47. The van der Waals surface area contributed by atoms with E-state index in [1.54, 1.807) is 0 Å². The number of carboxylic acids is 2. The fraction of sp³-hybridized carbons (Fsp3) is 0.500. The molecule has 0 saturated carbocycles.